The molecule has 23 heavy (non-hydrogen) atoms. The summed E-state index contributed by atoms with van der Waals surface area (Å²) in [5.41, 5.74) is 0.730. The Bertz CT molecular complexity index is 776. The second-order valence-electron chi connectivity index (χ2n) is 5.91. The lowest BCUT2D eigenvalue weighted by atomic mass is 9.81. The van der Waals surface area contributed by atoms with Gasteiger partial charge in [0.05, 0.1) is 22.0 Å². The van der Waals surface area contributed by atoms with Crippen LogP contribution in [0.1, 0.15) is 24.5 Å². The van der Waals surface area contributed by atoms with Crippen LogP contribution in [0.3, 0.4) is 0 Å². The van der Waals surface area contributed by atoms with Crippen molar-refractivity contribution in [1.29, 1.82) is 0 Å². The first-order valence-corrected chi connectivity index (χ1v) is 8.01. The number of halogens is 2. The van der Waals surface area contributed by atoms with E-state index in [0.29, 0.717) is 15.6 Å². The molecule has 1 fully saturated rings. The van der Waals surface area contributed by atoms with Crippen LogP contribution in [0.4, 0.5) is 0 Å². The van der Waals surface area contributed by atoms with Crippen LogP contribution in [0.25, 0.3) is 0 Å². The number of carbonyl (C=O) groups excluding carboxylic acids is 2. The van der Waals surface area contributed by atoms with E-state index in [4.69, 9.17) is 23.2 Å². The highest BCUT2D eigenvalue weighted by atomic mass is 35.5. The van der Waals surface area contributed by atoms with Gasteiger partial charge >= 0.3 is 0 Å². The maximum atomic E-state index is 12.9. The number of likely N-dealkylation sites (tertiary alicyclic amines) is 1. The van der Waals surface area contributed by atoms with Gasteiger partial charge in [0.2, 0.25) is 11.8 Å². The number of hydrogen-bond donors (Lipinski definition) is 0. The number of benzene rings is 2. The average molecular weight is 348 g/mol. The Kier molecular flexibility index (Phi) is 4.17. The fourth-order valence-electron chi connectivity index (χ4n) is 2.88. The van der Waals surface area contributed by atoms with Gasteiger partial charge in [-0.15, -0.1) is 0 Å². The molecule has 2 aromatic rings. The summed E-state index contributed by atoms with van der Waals surface area (Å²) in [7, 11) is 0. The molecule has 1 aliphatic rings. The highest BCUT2D eigenvalue weighted by Crippen LogP contribution is 2.39. The van der Waals surface area contributed by atoms with Crippen LogP contribution >= 0.6 is 23.2 Å². The molecule has 0 saturated carbocycles. The Labute approximate surface area is 144 Å². The molecular formula is C18H15Cl2NO2. The largest absolute Gasteiger partial charge is 0.277 e. The van der Waals surface area contributed by atoms with Crippen molar-refractivity contribution < 1.29 is 9.59 Å². The van der Waals surface area contributed by atoms with E-state index in [1.165, 1.54) is 4.90 Å². The fourth-order valence-corrected chi connectivity index (χ4v) is 3.17. The predicted octanol–water partition coefficient (Wildman–Crippen LogP) is 4.21. The Morgan fingerprint density at radius 1 is 1.04 bits per heavy atom. The number of nitrogens with zero attached hydrogens (tertiary/aromatic N) is 1. The molecule has 2 amide bonds. The van der Waals surface area contributed by atoms with Gasteiger partial charge in [0.15, 0.2) is 0 Å². The third-order valence-corrected chi connectivity index (χ3v) is 5.00. The van der Waals surface area contributed by atoms with E-state index >= 15 is 0 Å². The van der Waals surface area contributed by atoms with Crippen molar-refractivity contribution in [3.63, 3.8) is 0 Å². The van der Waals surface area contributed by atoms with Gasteiger partial charge in [-0.25, -0.2) is 0 Å². The minimum atomic E-state index is -0.903. The zero-order valence-corrected chi connectivity index (χ0v) is 14.1. The second-order valence-corrected chi connectivity index (χ2v) is 6.72. The summed E-state index contributed by atoms with van der Waals surface area (Å²) < 4.78 is 0. The molecule has 0 aliphatic carbocycles. The van der Waals surface area contributed by atoms with Crippen LogP contribution in [0, 0.1) is 0 Å². The first-order chi connectivity index (χ1) is 10.9. The summed E-state index contributed by atoms with van der Waals surface area (Å²) >= 11 is 12.0. The molecule has 1 saturated heterocycles. The molecule has 0 spiro atoms. The SMILES string of the molecule is C[C@]1(c2ccc(Cl)c(Cl)c2)CC(=O)N(Cc2ccccc2)C1=O. The van der Waals surface area contributed by atoms with E-state index in [-0.39, 0.29) is 24.8 Å². The van der Waals surface area contributed by atoms with Crippen LogP contribution in [0.15, 0.2) is 48.5 Å². The molecule has 1 aliphatic heterocycles. The molecule has 2 aromatic carbocycles. The molecule has 0 radical (unpaired) electrons. The van der Waals surface area contributed by atoms with Gasteiger partial charge in [-0.1, -0.05) is 59.6 Å². The van der Waals surface area contributed by atoms with E-state index < -0.39 is 5.41 Å². The molecule has 0 unspecified atom stereocenters. The standard InChI is InChI=1S/C18H15Cl2NO2/c1-18(13-7-8-14(19)15(20)9-13)10-16(22)21(17(18)23)11-12-5-3-2-4-6-12/h2-9H,10-11H2,1H3/t18-/m1/s1. The van der Waals surface area contributed by atoms with Crippen molar-refractivity contribution in [2.24, 2.45) is 0 Å². The topological polar surface area (TPSA) is 37.4 Å². The average Bonchev–Trinajstić information content (AvgIpc) is 2.75. The Hall–Kier alpha value is -1.84. The molecule has 1 heterocycles. The summed E-state index contributed by atoms with van der Waals surface area (Å²) in [5.74, 6) is -0.378. The van der Waals surface area contributed by atoms with Crippen LogP contribution in [-0.4, -0.2) is 16.7 Å². The summed E-state index contributed by atoms with van der Waals surface area (Å²) in [6.45, 7) is 2.06. The monoisotopic (exact) mass is 347 g/mol. The van der Waals surface area contributed by atoms with Crippen molar-refractivity contribution in [2.45, 2.75) is 25.3 Å². The maximum absolute atomic E-state index is 12.9. The van der Waals surface area contributed by atoms with Gasteiger partial charge in [-0.3, -0.25) is 14.5 Å². The molecule has 0 N–H and O–H groups in total. The number of amides is 2. The number of rotatable bonds is 3. The van der Waals surface area contributed by atoms with Gasteiger partial charge in [0, 0.05) is 6.42 Å². The molecule has 1 atom stereocenters. The Balaban J connectivity index is 1.92. The summed E-state index contributed by atoms with van der Waals surface area (Å²) in [6, 6.07) is 14.5. The minimum Gasteiger partial charge on any atom is -0.277 e. The highest BCUT2D eigenvalue weighted by molar-refractivity contribution is 6.42. The molecule has 0 aromatic heterocycles. The lowest BCUT2D eigenvalue weighted by Crippen LogP contribution is -2.36. The van der Waals surface area contributed by atoms with Gasteiger partial charge in [-0.05, 0) is 30.2 Å². The van der Waals surface area contributed by atoms with E-state index in [0.717, 1.165) is 5.56 Å². The number of imide groups is 1. The summed E-state index contributed by atoms with van der Waals surface area (Å²) in [4.78, 5) is 26.6. The second kappa shape index (κ2) is 5.99. The minimum absolute atomic E-state index is 0.136. The number of hydrogen-bond acceptors (Lipinski definition) is 2. The van der Waals surface area contributed by atoms with Gasteiger partial charge < -0.3 is 0 Å². The van der Waals surface area contributed by atoms with Crippen LogP contribution in [-0.2, 0) is 21.5 Å². The third kappa shape index (κ3) is 2.87. The maximum Gasteiger partial charge on any atom is 0.240 e. The van der Waals surface area contributed by atoms with E-state index in [1.807, 2.05) is 30.3 Å². The zero-order valence-electron chi connectivity index (χ0n) is 12.6. The highest BCUT2D eigenvalue weighted by Gasteiger charge is 2.49. The van der Waals surface area contributed by atoms with Gasteiger partial charge in [-0.2, -0.15) is 0 Å². The number of carbonyl (C=O) groups is 2. The molecule has 5 heteroatoms. The fraction of sp³-hybridized carbons (Fsp3) is 0.222. The van der Waals surface area contributed by atoms with E-state index in [2.05, 4.69) is 0 Å². The van der Waals surface area contributed by atoms with Crippen LogP contribution in [0.5, 0.6) is 0 Å². The van der Waals surface area contributed by atoms with Crippen LogP contribution in [0.2, 0.25) is 10.0 Å². The molecule has 0 bridgehead atoms. The van der Waals surface area contributed by atoms with Crippen molar-refractivity contribution in [2.75, 3.05) is 0 Å². The van der Waals surface area contributed by atoms with Crippen molar-refractivity contribution in [3.8, 4) is 0 Å². The quantitative estimate of drug-likeness (QED) is 0.780. The van der Waals surface area contributed by atoms with E-state index in [1.54, 1.807) is 25.1 Å². The molecular weight excluding hydrogens is 333 g/mol. The first-order valence-electron chi connectivity index (χ1n) is 7.26. The smallest absolute Gasteiger partial charge is 0.240 e. The third-order valence-electron chi connectivity index (χ3n) is 4.26. The van der Waals surface area contributed by atoms with Crippen molar-refractivity contribution >= 4 is 35.0 Å². The van der Waals surface area contributed by atoms with Crippen molar-refractivity contribution in [1.82, 2.24) is 4.90 Å². The van der Waals surface area contributed by atoms with Gasteiger partial charge in [0.1, 0.15) is 0 Å². The predicted molar refractivity (Wildman–Crippen MR) is 90.4 cm³/mol. The normalized spacial score (nSPS) is 21.1. The van der Waals surface area contributed by atoms with Crippen LogP contribution < -0.4 is 0 Å². The summed E-state index contributed by atoms with van der Waals surface area (Å²) in [5, 5.41) is 0.809. The first kappa shape index (κ1) is 16.0. The lowest BCUT2D eigenvalue weighted by Gasteiger charge is -2.23. The summed E-state index contributed by atoms with van der Waals surface area (Å²) in [6.07, 6.45) is 0.136. The Morgan fingerprint density at radius 3 is 2.39 bits per heavy atom. The molecule has 3 nitrogen and oxygen atoms in total. The van der Waals surface area contributed by atoms with Crippen molar-refractivity contribution in [3.05, 3.63) is 69.7 Å². The Morgan fingerprint density at radius 2 is 1.74 bits per heavy atom. The molecule has 3 rings (SSSR count). The van der Waals surface area contributed by atoms with E-state index in [9.17, 15) is 9.59 Å². The lowest BCUT2D eigenvalue weighted by molar-refractivity contribution is -0.140. The van der Waals surface area contributed by atoms with Gasteiger partial charge in [0.25, 0.3) is 0 Å². The zero-order chi connectivity index (χ0) is 16.6. The molecule has 118 valence electrons.